The third-order valence-electron chi connectivity index (χ3n) is 1.43. The van der Waals surface area contributed by atoms with Crippen molar-refractivity contribution >= 4 is 5.69 Å². The molecule has 74 valence electrons. The van der Waals surface area contributed by atoms with Gasteiger partial charge in [0, 0.05) is 23.7 Å². The summed E-state index contributed by atoms with van der Waals surface area (Å²) < 4.78 is 0. The minimum absolute atomic E-state index is 0.511. The van der Waals surface area contributed by atoms with Gasteiger partial charge in [-0.2, -0.15) is 5.48 Å². The molecule has 6 heteroatoms. The zero-order valence-electron chi connectivity index (χ0n) is 7.55. The first-order chi connectivity index (χ1) is 6.86. The number of hydrogen-bond donors (Lipinski definition) is 2. The van der Waals surface area contributed by atoms with E-state index in [1.165, 1.54) is 0 Å². The van der Waals surface area contributed by atoms with Gasteiger partial charge in [-0.1, -0.05) is 5.11 Å². The molecule has 1 rings (SSSR count). The molecule has 0 aliphatic carbocycles. The fraction of sp³-hybridized carbons (Fsp3) is 0.250. The molecule has 0 aromatic heterocycles. The number of nitrogens with two attached hydrogens (primary N) is 1. The van der Waals surface area contributed by atoms with Gasteiger partial charge in [0.2, 0.25) is 0 Å². The molecule has 0 bridgehead atoms. The summed E-state index contributed by atoms with van der Waals surface area (Å²) in [5.74, 6) is 0.648. The molecule has 0 aliphatic heterocycles. The van der Waals surface area contributed by atoms with Crippen LogP contribution in [0.1, 0.15) is 0 Å². The molecule has 0 heterocycles. The predicted octanol–water partition coefficient (Wildman–Crippen LogP) is 1.47. The number of hydroxylamine groups is 1. The standard InChI is InChI=1S/C8H11N5O/c9-5-6-11-14-8-3-1-7(2-4-8)12-13-10/h1-4,11H,5-6,9H2. The normalized spacial score (nSPS) is 9.21. The lowest BCUT2D eigenvalue weighted by molar-refractivity contribution is 0.199. The zero-order chi connectivity index (χ0) is 10.2. The number of nitrogens with zero attached hydrogens (tertiary/aromatic N) is 3. The fourth-order valence-corrected chi connectivity index (χ4v) is 0.826. The number of benzene rings is 1. The average Bonchev–Trinajstić information content (AvgIpc) is 2.21. The van der Waals surface area contributed by atoms with Gasteiger partial charge in [-0.05, 0) is 29.8 Å². The predicted molar refractivity (Wildman–Crippen MR) is 52.9 cm³/mol. The lowest BCUT2D eigenvalue weighted by atomic mass is 10.3. The molecule has 0 fully saturated rings. The van der Waals surface area contributed by atoms with Crippen LogP contribution in [0.15, 0.2) is 29.4 Å². The lowest BCUT2D eigenvalue weighted by Crippen LogP contribution is -2.25. The SMILES string of the molecule is [N-]=[N+]=Nc1ccc(ONCCN)cc1. The summed E-state index contributed by atoms with van der Waals surface area (Å²) in [5, 5.41) is 3.43. The topological polar surface area (TPSA) is 96.0 Å². The van der Waals surface area contributed by atoms with Crippen molar-refractivity contribution in [1.82, 2.24) is 5.48 Å². The van der Waals surface area contributed by atoms with E-state index in [1.54, 1.807) is 24.3 Å². The molecular weight excluding hydrogens is 182 g/mol. The number of nitrogens with one attached hydrogen (secondary N) is 1. The van der Waals surface area contributed by atoms with E-state index in [4.69, 9.17) is 16.1 Å². The fourth-order valence-electron chi connectivity index (χ4n) is 0.826. The molecule has 1 aromatic carbocycles. The second-order valence-corrected chi connectivity index (χ2v) is 2.47. The van der Waals surface area contributed by atoms with Gasteiger partial charge in [0.25, 0.3) is 0 Å². The molecule has 14 heavy (non-hydrogen) atoms. The Morgan fingerprint density at radius 1 is 1.43 bits per heavy atom. The highest BCUT2D eigenvalue weighted by molar-refractivity contribution is 5.40. The van der Waals surface area contributed by atoms with E-state index in [2.05, 4.69) is 15.5 Å². The van der Waals surface area contributed by atoms with E-state index in [9.17, 15) is 0 Å². The first-order valence-corrected chi connectivity index (χ1v) is 4.12. The van der Waals surface area contributed by atoms with E-state index < -0.39 is 0 Å². The van der Waals surface area contributed by atoms with E-state index in [-0.39, 0.29) is 0 Å². The van der Waals surface area contributed by atoms with E-state index >= 15 is 0 Å². The molecule has 3 N–H and O–H groups in total. The summed E-state index contributed by atoms with van der Waals surface area (Å²) >= 11 is 0. The highest BCUT2D eigenvalue weighted by Crippen LogP contribution is 2.17. The highest BCUT2D eigenvalue weighted by atomic mass is 16.6. The van der Waals surface area contributed by atoms with E-state index in [1.807, 2.05) is 0 Å². The van der Waals surface area contributed by atoms with Crippen LogP contribution >= 0.6 is 0 Å². The summed E-state index contributed by atoms with van der Waals surface area (Å²) in [6.07, 6.45) is 0. The van der Waals surface area contributed by atoms with Crippen molar-refractivity contribution in [2.75, 3.05) is 13.1 Å². The van der Waals surface area contributed by atoms with Crippen LogP contribution in [0.4, 0.5) is 5.69 Å². The summed E-state index contributed by atoms with van der Waals surface area (Å²) in [6.45, 7) is 1.09. The van der Waals surface area contributed by atoms with Gasteiger partial charge in [0.05, 0.1) is 0 Å². The summed E-state index contributed by atoms with van der Waals surface area (Å²) in [6, 6.07) is 6.74. The van der Waals surface area contributed by atoms with Crippen LogP contribution < -0.4 is 16.1 Å². The van der Waals surface area contributed by atoms with E-state index in [0.29, 0.717) is 24.5 Å². The molecule has 0 radical (unpaired) electrons. The van der Waals surface area contributed by atoms with Crippen LogP contribution in [-0.2, 0) is 0 Å². The lowest BCUT2D eigenvalue weighted by Gasteiger charge is -2.05. The quantitative estimate of drug-likeness (QED) is 0.243. The Balaban J connectivity index is 2.50. The molecular formula is C8H11N5O. The largest absolute Gasteiger partial charge is 0.409 e. The van der Waals surface area contributed by atoms with Gasteiger partial charge in [0.15, 0.2) is 0 Å². The molecule has 0 spiro atoms. The van der Waals surface area contributed by atoms with Crippen molar-refractivity contribution in [2.45, 2.75) is 0 Å². The number of rotatable bonds is 5. The minimum Gasteiger partial charge on any atom is -0.409 e. The maximum Gasteiger partial charge on any atom is 0.147 e. The first-order valence-electron chi connectivity index (χ1n) is 4.12. The summed E-state index contributed by atoms with van der Waals surface area (Å²) in [7, 11) is 0. The van der Waals surface area contributed by atoms with Gasteiger partial charge < -0.3 is 10.6 Å². The monoisotopic (exact) mass is 193 g/mol. The van der Waals surface area contributed by atoms with Crippen LogP contribution in [0.25, 0.3) is 10.4 Å². The second-order valence-electron chi connectivity index (χ2n) is 2.47. The molecule has 0 saturated heterocycles. The van der Waals surface area contributed by atoms with E-state index in [0.717, 1.165) is 0 Å². The van der Waals surface area contributed by atoms with Crippen molar-refractivity contribution in [1.29, 1.82) is 0 Å². The molecule has 1 aromatic rings. The third-order valence-corrected chi connectivity index (χ3v) is 1.43. The van der Waals surface area contributed by atoms with Gasteiger partial charge in [-0.25, -0.2) is 0 Å². The Morgan fingerprint density at radius 3 is 2.71 bits per heavy atom. The van der Waals surface area contributed by atoms with Crippen molar-refractivity contribution in [3.05, 3.63) is 34.7 Å². The number of hydrogen-bond acceptors (Lipinski definition) is 4. The Kier molecular flexibility index (Phi) is 4.30. The molecule has 0 atom stereocenters. The van der Waals surface area contributed by atoms with Crippen molar-refractivity contribution < 1.29 is 4.84 Å². The Hall–Kier alpha value is -1.75. The Labute approximate surface area is 81.3 Å². The van der Waals surface area contributed by atoms with Gasteiger partial charge in [-0.3, -0.25) is 0 Å². The highest BCUT2D eigenvalue weighted by Gasteiger charge is 1.92. The van der Waals surface area contributed by atoms with Gasteiger partial charge >= 0.3 is 0 Å². The molecule has 0 unspecified atom stereocenters. The maximum absolute atomic E-state index is 8.16. The van der Waals surface area contributed by atoms with Crippen LogP contribution in [0.2, 0.25) is 0 Å². The summed E-state index contributed by atoms with van der Waals surface area (Å²) in [4.78, 5) is 7.78. The smallest absolute Gasteiger partial charge is 0.147 e. The van der Waals surface area contributed by atoms with Crippen LogP contribution in [0.5, 0.6) is 5.75 Å². The maximum atomic E-state index is 8.16. The Morgan fingerprint density at radius 2 is 2.14 bits per heavy atom. The Bertz CT molecular complexity index is 317. The van der Waals surface area contributed by atoms with Gasteiger partial charge in [0.1, 0.15) is 5.75 Å². The average molecular weight is 193 g/mol. The van der Waals surface area contributed by atoms with Crippen molar-refractivity contribution in [3.63, 3.8) is 0 Å². The third kappa shape index (κ3) is 3.32. The summed E-state index contributed by atoms with van der Waals surface area (Å²) in [5.41, 5.74) is 16.7. The molecule has 6 nitrogen and oxygen atoms in total. The second kappa shape index (κ2) is 5.82. The number of azide groups is 1. The van der Waals surface area contributed by atoms with Crippen molar-refractivity contribution in [2.24, 2.45) is 10.8 Å². The van der Waals surface area contributed by atoms with Crippen LogP contribution in [0, 0.1) is 0 Å². The molecule has 0 amide bonds. The van der Waals surface area contributed by atoms with Crippen molar-refractivity contribution in [3.8, 4) is 5.75 Å². The van der Waals surface area contributed by atoms with Crippen LogP contribution in [0.3, 0.4) is 0 Å². The van der Waals surface area contributed by atoms with Gasteiger partial charge in [-0.15, -0.1) is 0 Å². The molecule has 0 saturated carbocycles. The van der Waals surface area contributed by atoms with Crippen LogP contribution in [-0.4, -0.2) is 13.1 Å². The minimum atomic E-state index is 0.511. The first kappa shape index (κ1) is 10.3. The molecule has 0 aliphatic rings. The zero-order valence-corrected chi connectivity index (χ0v) is 7.55.